The van der Waals surface area contributed by atoms with Crippen LogP contribution in [0.3, 0.4) is 0 Å². The number of aliphatic hydroxyl groups excluding tert-OH is 1. The number of carbonyl (C=O) groups is 2. The van der Waals surface area contributed by atoms with E-state index in [0.717, 1.165) is 0 Å². The van der Waals surface area contributed by atoms with Crippen molar-refractivity contribution in [3.63, 3.8) is 0 Å². The topological polar surface area (TPSA) is 69.6 Å². The molecule has 5 nitrogen and oxygen atoms in total. The molecule has 0 aliphatic heterocycles. The van der Waals surface area contributed by atoms with E-state index >= 15 is 0 Å². The van der Waals surface area contributed by atoms with E-state index in [1.807, 2.05) is 13.8 Å². The Hall–Kier alpha value is -1.88. The van der Waals surface area contributed by atoms with Crippen LogP contribution in [0.1, 0.15) is 31.1 Å². The van der Waals surface area contributed by atoms with Crippen LogP contribution in [0.4, 0.5) is 10.5 Å². The van der Waals surface area contributed by atoms with Crippen LogP contribution in [0, 0.1) is 0 Å². The fraction of sp³-hybridized carbons (Fsp3) is 0.429. The summed E-state index contributed by atoms with van der Waals surface area (Å²) in [6.45, 7) is 5.42. The number of carbonyl (C=O) groups excluding carboxylic acids is 2. The molecule has 2 amide bonds. The molecule has 0 fully saturated rings. The van der Waals surface area contributed by atoms with E-state index in [0.29, 0.717) is 11.3 Å². The number of benzene rings is 1. The number of anilines is 1. The molecule has 0 atom stereocenters. The van der Waals surface area contributed by atoms with E-state index in [9.17, 15) is 9.59 Å². The summed E-state index contributed by atoms with van der Waals surface area (Å²) >= 11 is 0. The van der Waals surface area contributed by atoms with Gasteiger partial charge in [0.1, 0.15) is 0 Å². The Morgan fingerprint density at radius 1 is 1.37 bits per heavy atom. The van der Waals surface area contributed by atoms with Crippen molar-refractivity contribution < 1.29 is 14.7 Å². The van der Waals surface area contributed by atoms with Gasteiger partial charge in [-0.3, -0.25) is 4.79 Å². The van der Waals surface area contributed by atoms with Gasteiger partial charge in [-0.15, -0.1) is 0 Å². The highest BCUT2D eigenvalue weighted by Gasteiger charge is 2.16. The average Bonchev–Trinajstić information content (AvgIpc) is 2.35. The number of ketones is 1. The van der Waals surface area contributed by atoms with Gasteiger partial charge < -0.3 is 15.3 Å². The van der Waals surface area contributed by atoms with Crippen molar-refractivity contribution in [3.05, 3.63) is 29.8 Å². The summed E-state index contributed by atoms with van der Waals surface area (Å²) in [5.41, 5.74) is 1.12. The lowest BCUT2D eigenvalue weighted by molar-refractivity contribution is 0.101. The smallest absolute Gasteiger partial charge is 0.322 e. The number of hydrogen-bond donors (Lipinski definition) is 2. The summed E-state index contributed by atoms with van der Waals surface area (Å²) in [6, 6.07) is 6.48. The van der Waals surface area contributed by atoms with Gasteiger partial charge in [-0.1, -0.05) is 12.1 Å². The van der Waals surface area contributed by atoms with Crippen LogP contribution in [-0.4, -0.2) is 41.0 Å². The first-order valence-corrected chi connectivity index (χ1v) is 6.25. The molecule has 104 valence electrons. The van der Waals surface area contributed by atoms with Crippen molar-refractivity contribution in [1.29, 1.82) is 0 Å². The molecule has 0 aliphatic rings. The van der Waals surface area contributed by atoms with Gasteiger partial charge >= 0.3 is 6.03 Å². The molecule has 5 heteroatoms. The molecule has 0 saturated carbocycles. The van der Waals surface area contributed by atoms with Crippen molar-refractivity contribution in [2.75, 3.05) is 18.5 Å². The molecule has 0 saturated heterocycles. The maximum absolute atomic E-state index is 12.0. The fourth-order valence-corrected chi connectivity index (χ4v) is 1.71. The first-order chi connectivity index (χ1) is 8.95. The second-order valence-corrected chi connectivity index (χ2v) is 4.58. The standard InChI is InChI=1S/C14H20N2O3/c1-10(2)16(7-8-17)14(19)15-13-6-4-5-12(9-13)11(3)18/h4-6,9-10,17H,7-8H2,1-3H3,(H,15,19). The Kier molecular flexibility index (Phi) is 5.51. The molecule has 0 spiro atoms. The first-order valence-electron chi connectivity index (χ1n) is 6.25. The number of hydrogen-bond acceptors (Lipinski definition) is 3. The molecule has 0 unspecified atom stereocenters. The van der Waals surface area contributed by atoms with Crippen LogP contribution in [0.25, 0.3) is 0 Å². The van der Waals surface area contributed by atoms with Gasteiger partial charge in [-0.05, 0) is 32.9 Å². The molecular formula is C14H20N2O3. The van der Waals surface area contributed by atoms with Crippen molar-refractivity contribution in [3.8, 4) is 0 Å². The van der Waals surface area contributed by atoms with Crippen LogP contribution in [0.15, 0.2) is 24.3 Å². The number of aliphatic hydroxyl groups is 1. The van der Waals surface area contributed by atoms with E-state index in [1.165, 1.54) is 11.8 Å². The number of Topliss-reactive ketones (excluding diaryl/α,β-unsaturated/α-hetero) is 1. The van der Waals surface area contributed by atoms with Crippen molar-refractivity contribution in [2.45, 2.75) is 26.8 Å². The van der Waals surface area contributed by atoms with Crippen molar-refractivity contribution in [1.82, 2.24) is 4.90 Å². The van der Waals surface area contributed by atoms with Gasteiger partial charge in [0.15, 0.2) is 5.78 Å². The second kappa shape index (κ2) is 6.89. The van der Waals surface area contributed by atoms with Crippen LogP contribution in [0.2, 0.25) is 0 Å². The minimum absolute atomic E-state index is 0.0110. The first kappa shape index (κ1) is 15.2. The minimum Gasteiger partial charge on any atom is -0.395 e. The van der Waals surface area contributed by atoms with Crippen molar-refractivity contribution >= 4 is 17.5 Å². The summed E-state index contributed by atoms with van der Waals surface area (Å²) in [5, 5.41) is 11.7. The predicted molar refractivity (Wildman–Crippen MR) is 74.4 cm³/mol. The van der Waals surface area contributed by atoms with Gasteiger partial charge in [-0.2, -0.15) is 0 Å². The SMILES string of the molecule is CC(=O)c1cccc(NC(=O)N(CCO)C(C)C)c1. The third kappa shape index (κ3) is 4.37. The Morgan fingerprint density at radius 2 is 2.05 bits per heavy atom. The van der Waals surface area contributed by atoms with Gasteiger partial charge in [-0.25, -0.2) is 4.79 Å². The fourth-order valence-electron chi connectivity index (χ4n) is 1.71. The maximum atomic E-state index is 12.0. The number of nitrogens with zero attached hydrogens (tertiary/aromatic N) is 1. The highest BCUT2D eigenvalue weighted by atomic mass is 16.3. The van der Waals surface area contributed by atoms with Crippen LogP contribution >= 0.6 is 0 Å². The van der Waals surface area contributed by atoms with E-state index in [1.54, 1.807) is 24.3 Å². The zero-order chi connectivity index (χ0) is 14.4. The summed E-state index contributed by atoms with van der Waals surface area (Å²) < 4.78 is 0. The predicted octanol–water partition coefficient (Wildman–Crippen LogP) is 2.12. The maximum Gasteiger partial charge on any atom is 0.322 e. The third-order valence-electron chi connectivity index (χ3n) is 2.75. The van der Waals surface area contributed by atoms with Gasteiger partial charge in [0.25, 0.3) is 0 Å². The van der Waals surface area contributed by atoms with Gasteiger partial charge in [0.05, 0.1) is 6.61 Å². The molecule has 0 radical (unpaired) electrons. The normalized spacial score (nSPS) is 10.4. The molecule has 0 aliphatic carbocycles. The zero-order valence-corrected chi connectivity index (χ0v) is 11.5. The van der Waals surface area contributed by atoms with E-state index in [4.69, 9.17) is 5.11 Å². The Bertz CT molecular complexity index is 458. The molecule has 1 aromatic carbocycles. The molecule has 19 heavy (non-hydrogen) atoms. The number of nitrogens with one attached hydrogen (secondary N) is 1. The average molecular weight is 264 g/mol. The number of amides is 2. The Balaban J connectivity index is 2.80. The lowest BCUT2D eigenvalue weighted by atomic mass is 10.1. The number of rotatable bonds is 5. The molecule has 0 bridgehead atoms. The molecule has 0 heterocycles. The molecule has 1 aromatic rings. The zero-order valence-electron chi connectivity index (χ0n) is 11.5. The molecule has 2 N–H and O–H groups in total. The molecule has 0 aromatic heterocycles. The minimum atomic E-state index is -0.287. The largest absolute Gasteiger partial charge is 0.395 e. The highest BCUT2D eigenvalue weighted by Crippen LogP contribution is 2.12. The second-order valence-electron chi connectivity index (χ2n) is 4.58. The van der Waals surface area contributed by atoms with Crippen molar-refractivity contribution in [2.24, 2.45) is 0 Å². The number of urea groups is 1. The van der Waals surface area contributed by atoms with Gasteiger partial charge in [0, 0.05) is 23.8 Å². The van der Waals surface area contributed by atoms with E-state index in [2.05, 4.69) is 5.32 Å². The summed E-state index contributed by atoms with van der Waals surface area (Å²) in [4.78, 5) is 24.8. The highest BCUT2D eigenvalue weighted by molar-refractivity contribution is 5.96. The van der Waals surface area contributed by atoms with Crippen LogP contribution in [0.5, 0.6) is 0 Å². The van der Waals surface area contributed by atoms with Crippen LogP contribution < -0.4 is 5.32 Å². The molecular weight excluding hydrogens is 244 g/mol. The van der Waals surface area contributed by atoms with Crippen LogP contribution in [-0.2, 0) is 0 Å². The molecule has 1 rings (SSSR count). The third-order valence-corrected chi connectivity index (χ3v) is 2.75. The van der Waals surface area contributed by atoms with E-state index < -0.39 is 0 Å². The Morgan fingerprint density at radius 3 is 2.58 bits per heavy atom. The lowest BCUT2D eigenvalue weighted by Crippen LogP contribution is -2.41. The van der Waals surface area contributed by atoms with Gasteiger partial charge in [0.2, 0.25) is 0 Å². The summed E-state index contributed by atoms with van der Waals surface area (Å²) in [5.74, 6) is -0.0489. The quantitative estimate of drug-likeness (QED) is 0.800. The lowest BCUT2D eigenvalue weighted by Gasteiger charge is -2.26. The summed E-state index contributed by atoms with van der Waals surface area (Å²) in [6.07, 6.45) is 0. The Labute approximate surface area is 113 Å². The van der Waals surface area contributed by atoms with E-state index in [-0.39, 0.29) is 31.0 Å². The monoisotopic (exact) mass is 264 g/mol. The summed E-state index contributed by atoms with van der Waals surface area (Å²) in [7, 11) is 0.